The van der Waals surface area contributed by atoms with Gasteiger partial charge in [0.05, 0.1) is 12.7 Å². The highest BCUT2D eigenvalue weighted by Gasteiger charge is 2.20. The average Bonchev–Trinajstić information content (AvgIpc) is 2.28. The van der Waals surface area contributed by atoms with Crippen LogP contribution in [0.4, 0.5) is 5.69 Å². The molecule has 0 aromatic heterocycles. The molecule has 1 aromatic rings. The van der Waals surface area contributed by atoms with Crippen molar-refractivity contribution in [2.75, 3.05) is 25.9 Å². The molecule has 1 atom stereocenters. The fourth-order valence-electron chi connectivity index (χ4n) is 1.72. The number of nitrogen functional groups attached to an aromatic ring is 1. The lowest BCUT2D eigenvalue weighted by atomic mass is 10.1. The molecule has 0 saturated heterocycles. The second-order valence-corrected chi connectivity index (χ2v) is 4.19. The van der Waals surface area contributed by atoms with Gasteiger partial charge in [0.25, 0.3) is 5.91 Å². The van der Waals surface area contributed by atoms with E-state index in [0.29, 0.717) is 23.6 Å². The number of likely N-dealkylation sites (N-methyl/N-ethyl adjacent to an activating group) is 1. The molecule has 0 aliphatic rings. The normalized spacial score (nSPS) is 12.0. The molecule has 18 heavy (non-hydrogen) atoms. The average molecular weight is 252 g/mol. The molecule has 0 radical (unpaired) electrons. The standard InChI is InChI=1S/C13H20N2O3/c1-4-18-11-7-5-6-10(14)12(11)13(17)15(3)8-9(2)16/h5-7,9,16H,4,8,14H2,1-3H3. The third-order valence-corrected chi connectivity index (χ3v) is 2.46. The van der Waals surface area contributed by atoms with Crippen molar-refractivity contribution < 1.29 is 14.6 Å². The van der Waals surface area contributed by atoms with Gasteiger partial charge in [0.15, 0.2) is 0 Å². The number of hydrogen-bond donors (Lipinski definition) is 2. The molecule has 0 fully saturated rings. The lowest BCUT2D eigenvalue weighted by Gasteiger charge is -2.21. The van der Waals surface area contributed by atoms with Gasteiger partial charge < -0.3 is 20.5 Å². The number of hydrogen-bond acceptors (Lipinski definition) is 4. The van der Waals surface area contributed by atoms with Gasteiger partial charge in [-0.1, -0.05) is 6.07 Å². The Hall–Kier alpha value is -1.75. The summed E-state index contributed by atoms with van der Waals surface area (Å²) < 4.78 is 5.40. The molecule has 100 valence electrons. The molecule has 0 aliphatic heterocycles. The van der Waals surface area contributed by atoms with Crippen LogP contribution < -0.4 is 10.5 Å². The van der Waals surface area contributed by atoms with Crippen LogP contribution in [-0.2, 0) is 0 Å². The summed E-state index contributed by atoms with van der Waals surface area (Å²) in [4.78, 5) is 13.7. The van der Waals surface area contributed by atoms with Crippen LogP contribution in [0.1, 0.15) is 24.2 Å². The first kappa shape index (κ1) is 14.3. The van der Waals surface area contributed by atoms with Crippen LogP contribution in [0.5, 0.6) is 5.75 Å². The summed E-state index contributed by atoms with van der Waals surface area (Å²) in [5, 5.41) is 9.30. The van der Waals surface area contributed by atoms with Crippen molar-refractivity contribution in [1.82, 2.24) is 4.90 Å². The van der Waals surface area contributed by atoms with Crippen molar-refractivity contribution in [2.45, 2.75) is 20.0 Å². The Morgan fingerprint density at radius 1 is 1.56 bits per heavy atom. The van der Waals surface area contributed by atoms with Crippen molar-refractivity contribution in [3.8, 4) is 5.75 Å². The summed E-state index contributed by atoms with van der Waals surface area (Å²) in [5.41, 5.74) is 6.56. The predicted molar refractivity (Wildman–Crippen MR) is 70.7 cm³/mol. The van der Waals surface area contributed by atoms with Crippen LogP contribution >= 0.6 is 0 Å². The fourth-order valence-corrected chi connectivity index (χ4v) is 1.72. The number of benzene rings is 1. The highest BCUT2D eigenvalue weighted by atomic mass is 16.5. The van der Waals surface area contributed by atoms with Gasteiger partial charge in [-0.05, 0) is 26.0 Å². The van der Waals surface area contributed by atoms with E-state index in [0.717, 1.165) is 0 Å². The minimum Gasteiger partial charge on any atom is -0.493 e. The summed E-state index contributed by atoms with van der Waals surface area (Å²) in [6.07, 6.45) is -0.584. The maximum absolute atomic E-state index is 12.3. The highest BCUT2D eigenvalue weighted by Crippen LogP contribution is 2.25. The minimum atomic E-state index is -0.584. The molecule has 5 nitrogen and oxygen atoms in total. The lowest BCUT2D eigenvalue weighted by molar-refractivity contribution is 0.0701. The Morgan fingerprint density at radius 3 is 2.78 bits per heavy atom. The van der Waals surface area contributed by atoms with E-state index in [1.807, 2.05) is 6.92 Å². The van der Waals surface area contributed by atoms with E-state index >= 15 is 0 Å². The monoisotopic (exact) mass is 252 g/mol. The van der Waals surface area contributed by atoms with Crippen molar-refractivity contribution in [3.05, 3.63) is 23.8 Å². The van der Waals surface area contributed by atoms with Gasteiger partial charge in [-0.3, -0.25) is 4.79 Å². The number of aliphatic hydroxyl groups excluding tert-OH is 1. The van der Waals surface area contributed by atoms with E-state index in [4.69, 9.17) is 10.5 Å². The molecule has 0 bridgehead atoms. The third kappa shape index (κ3) is 3.37. The Morgan fingerprint density at radius 2 is 2.22 bits per heavy atom. The Labute approximate surface area is 107 Å². The highest BCUT2D eigenvalue weighted by molar-refractivity contribution is 6.01. The Balaban J connectivity index is 3.03. The van der Waals surface area contributed by atoms with Crippen molar-refractivity contribution >= 4 is 11.6 Å². The number of ether oxygens (including phenoxy) is 1. The van der Waals surface area contributed by atoms with Gasteiger partial charge in [0.1, 0.15) is 11.3 Å². The molecule has 0 spiro atoms. The van der Waals surface area contributed by atoms with Gasteiger partial charge in [0.2, 0.25) is 0 Å². The Kier molecular flexibility index (Phi) is 4.97. The number of carbonyl (C=O) groups excluding carboxylic acids is 1. The SMILES string of the molecule is CCOc1cccc(N)c1C(=O)N(C)CC(C)O. The molecule has 0 heterocycles. The van der Waals surface area contributed by atoms with Gasteiger partial charge in [0, 0.05) is 19.3 Å². The molecule has 1 rings (SSSR count). The maximum atomic E-state index is 12.3. The van der Waals surface area contributed by atoms with Crippen LogP contribution in [0.2, 0.25) is 0 Å². The summed E-state index contributed by atoms with van der Waals surface area (Å²) in [6.45, 7) is 4.18. The molecule has 0 saturated carbocycles. The minimum absolute atomic E-state index is 0.249. The van der Waals surface area contributed by atoms with Crippen LogP contribution in [-0.4, -0.2) is 42.2 Å². The summed E-state index contributed by atoms with van der Waals surface area (Å²) in [7, 11) is 1.62. The number of rotatable bonds is 5. The van der Waals surface area contributed by atoms with Crippen LogP contribution in [0.3, 0.4) is 0 Å². The van der Waals surface area contributed by atoms with Gasteiger partial charge in [-0.25, -0.2) is 0 Å². The molecule has 1 unspecified atom stereocenters. The molecule has 3 N–H and O–H groups in total. The third-order valence-electron chi connectivity index (χ3n) is 2.46. The second-order valence-electron chi connectivity index (χ2n) is 4.19. The largest absolute Gasteiger partial charge is 0.493 e. The first-order valence-electron chi connectivity index (χ1n) is 5.92. The van der Waals surface area contributed by atoms with E-state index in [1.54, 1.807) is 32.2 Å². The van der Waals surface area contributed by atoms with Crippen molar-refractivity contribution in [3.63, 3.8) is 0 Å². The molecule has 1 aromatic carbocycles. The van der Waals surface area contributed by atoms with Crippen LogP contribution in [0, 0.1) is 0 Å². The van der Waals surface area contributed by atoms with Crippen molar-refractivity contribution in [1.29, 1.82) is 0 Å². The quantitative estimate of drug-likeness (QED) is 0.770. The Bertz CT molecular complexity index is 419. The first-order valence-corrected chi connectivity index (χ1v) is 5.92. The van der Waals surface area contributed by atoms with Gasteiger partial charge >= 0.3 is 0 Å². The van der Waals surface area contributed by atoms with E-state index in [-0.39, 0.29) is 12.5 Å². The number of amides is 1. The van der Waals surface area contributed by atoms with E-state index in [1.165, 1.54) is 4.90 Å². The molecule has 5 heteroatoms. The van der Waals surface area contributed by atoms with E-state index in [9.17, 15) is 9.90 Å². The smallest absolute Gasteiger partial charge is 0.259 e. The van der Waals surface area contributed by atoms with E-state index < -0.39 is 6.10 Å². The lowest BCUT2D eigenvalue weighted by Crippen LogP contribution is -2.33. The molecular formula is C13H20N2O3. The number of carbonyl (C=O) groups is 1. The number of aliphatic hydroxyl groups is 1. The van der Waals surface area contributed by atoms with E-state index in [2.05, 4.69) is 0 Å². The van der Waals surface area contributed by atoms with Crippen molar-refractivity contribution in [2.24, 2.45) is 0 Å². The second kappa shape index (κ2) is 6.26. The molecular weight excluding hydrogens is 232 g/mol. The zero-order valence-electron chi connectivity index (χ0n) is 11.0. The topological polar surface area (TPSA) is 75.8 Å². The summed E-state index contributed by atoms with van der Waals surface area (Å²) >= 11 is 0. The maximum Gasteiger partial charge on any atom is 0.259 e. The number of anilines is 1. The molecule has 1 amide bonds. The number of nitrogens with two attached hydrogens (primary N) is 1. The summed E-state index contributed by atoms with van der Waals surface area (Å²) in [5.74, 6) is 0.220. The van der Waals surface area contributed by atoms with Crippen LogP contribution in [0.15, 0.2) is 18.2 Å². The zero-order valence-corrected chi connectivity index (χ0v) is 11.0. The number of nitrogens with zero attached hydrogens (tertiary/aromatic N) is 1. The first-order chi connectivity index (χ1) is 8.47. The zero-order chi connectivity index (χ0) is 13.7. The molecule has 0 aliphatic carbocycles. The predicted octanol–water partition coefficient (Wildman–Crippen LogP) is 1.12. The van der Waals surface area contributed by atoms with Gasteiger partial charge in [-0.2, -0.15) is 0 Å². The van der Waals surface area contributed by atoms with Crippen LogP contribution in [0.25, 0.3) is 0 Å². The van der Waals surface area contributed by atoms with Gasteiger partial charge in [-0.15, -0.1) is 0 Å². The summed E-state index contributed by atoms with van der Waals surface area (Å²) in [6, 6.07) is 5.11. The fraction of sp³-hybridized carbons (Fsp3) is 0.462.